The van der Waals surface area contributed by atoms with Crippen LogP contribution < -0.4 is 11.1 Å². The Hall–Kier alpha value is -1.42. The molecule has 86 valence electrons. The van der Waals surface area contributed by atoms with Gasteiger partial charge in [-0.15, -0.1) is 0 Å². The van der Waals surface area contributed by atoms with E-state index in [9.17, 15) is 4.79 Å². The van der Waals surface area contributed by atoms with Crippen LogP contribution in [-0.4, -0.2) is 17.4 Å². The Balaban J connectivity index is 1.87. The third-order valence-corrected chi connectivity index (χ3v) is 3.09. The summed E-state index contributed by atoms with van der Waals surface area (Å²) in [5.41, 5.74) is 6.86. The minimum absolute atomic E-state index is 0.0947. The lowest BCUT2D eigenvalue weighted by atomic mass is 10.2. The zero-order valence-electron chi connectivity index (χ0n) is 9.44. The second kappa shape index (κ2) is 4.61. The molecule has 0 spiro atoms. The summed E-state index contributed by atoms with van der Waals surface area (Å²) in [6.45, 7) is 3.42. The second-order valence-corrected chi connectivity index (χ2v) is 4.44. The summed E-state index contributed by atoms with van der Waals surface area (Å²) in [7, 11) is 0. The molecule has 2 atom stereocenters. The minimum atomic E-state index is -0.0947. The van der Waals surface area contributed by atoms with Gasteiger partial charge in [0.15, 0.2) is 0 Å². The van der Waals surface area contributed by atoms with Crippen LogP contribution in [0.1, 0.15) is 29.4 Å². The van der Waals surface area contributed by atoms with E-state index >= 15 is 0 Å². The molecule has 1 heterocycles. The number of nitrogens with one attached hydrogen (secondary N) is 1. The van der Waals surface area contributed by atoms with Crippen molar-refractivity contribution in [3.8, 4) is 0 Å². The first kappa shape index (κ1) is 11.1. The van der Waals surface area contributed by atoms with Crippen molar-refractivity contribution in [2.45, 2.75) is 19.9 Å². The molecular formula is C12H17N3O. The van der Waals surface area contributed by atoms with Crippen molar-refractivity contribution in [2.24, 2.45) is 17.6 Å². The molecule has 1 aliphatic rings. The molecule has 1 aliphatic carbocycles. The number of carbonyl (C=O) groups excluding carboxylic acids is 1. The Morgan fingerprint density at radius 2 is 2.38 bits per heavy atom. The highest BCUT2D eigenvalue weighted by Gasteiger charge is 2.32. The lowest BCUT2D eigenvalue weighted by Crippen LogP contribution is -2.26. The van der Waals surface area contributed by atoms with E-state index in [4.69, 9.17) is 5.73 Å². The summed E-state index contributed by atoms with van der Waals surface area (Å²) in [5, 5.41) is 2.90. The lowest BCUT2D eigenvalue weighted by Gasteiger charge is -2.04. The second-order valence-electron chi connectivity index (χ2n) is 4.44. The molecule has 0 aliphatic heterocycles. The highest BCUT2D eigenvalue weighted by molar-refractivity contribution is 5.92. The average Bonchev–Trinajstić information content (AvgIpc) is 3.02. The summed E-state index contributed by atoms with van der Waals surface area (Å²) in [4.78, 5) is 15.8. The smallest absolute Gasteiger partial charge is 0.269 e. The maximum absolute atomic E-state index is 11.7. The normalized spacial score (nSPS) is 22.9. The van der Waals surface area contributed by atoms with E-state index < -0.39 is 0 Å². The minimum Gasteiger partial charge on any atom is -0.350 e. The first-order chi connectivity index (χ1) is 7.70. The van der Waals surface area contributed by atoms with Crippen LogP contribution in [0, 0.1) is 11.8 Å². The van der Waals surface area contributed by atoms with Gasteiger partial charge < -0.3 is 11.1 Å². The quantitative estimate of drug-likeness (QED) is 0.791. The van der Waals surface area contributed by atoms with Gasteiger partial charge in [0, 0.05) is 19.3 Å². The Bertz CT molecular complexity index is 374. The van der Waals surface area contributed by atoms with Crippen LogP contribution >= 0.6 is 0 Å². The Labute approximate surface area is 95.3 Å². The standard InChI is InChI=1S/C12H17N3O/c1-8-4-10(8)7-15-12(16)11-3-2-9(5-13)6-14-11/h2-3,6,8,10H,4-5,7,13H2,1H3,(H,15,16). The van der Waals surface area contributed by atoms with E-state index in [0.717, 1.165) is 18.0 Å². The fourth-order valence-electron chi connectivity index (χ4n) is 1.68. The molecule has 1 aromatic rings. The molecule has 1 aromatic heterocycles. The molecule has 3 N–H and O–H groups in total. The van der Waals surface area contributed by atoms with E-state index in [1.807, 2.05) is 6.07 Å². The number of pyridine rings is 1. The molecule has 1 saturated carbocycles. The third kappa shape index (κ3) is 2.58. The van der Waals surface area contributed by atoms with Crippen LogP contribution in [0.5, 0.6) is 0 Å². The predicted molar refractivity (Wildman–Crippen MR) is 61.7 cm³/mol. The number of rotatable bonds is 4. The third-order valence-electron chi connectivity index (χ3n) is 3.09. The van der Waals surface area contributed by atoms with Gasteiger partial charge in [-0.1, -0.05) is 13.0 Å². The molecule has 4 heteroatoms. The van der Waals surface area contributed by atoms with Crippen LogP contribution in [-0.2, 0) is 6.54 Å². The zero-order chi connectivity index (χ0) is 11.5. The molecule has 2 unspecified atom stereocenters. The lowest BCUT2D eigenvalue weighted by molar-refractivity contribution is 0.0946. The molecule has 2 rings (SSSR count). The zero-order valence-corrected chi connectivity index (χ0v) is 9.44. The van der Waals surface area contributed by atoms with E-state index in [1.165, 1.54) is 6.42 Å². The molecule has 0 bridgehead atoms. The number of amides is 1. The average molecular weight is 219 g/mol. The van der Waals surface area contributed by atoms with Crippen molar-refractivity contribution in [1.29, 1.82) is 0 Å². The van der Waals surface area contributed by atoms with Crippen LogP contribution in [0.3, 0.4) is 0 Å². The SMILES string of the molecule is CC1CC1CNC(=O)c1ccc(CN)cn1. The number of nitrogens with two attached hydrogens (primary N) is 1. The molecular weight excluding hydrogens is 202 g/mol. The Morgan fingerprint density at radius 3 is 2.88 bits per heavy atom. The molecule has 0 aromatic carbocycles. The van der Waals surface area contributed by atoms with E-state index in [0.29, 0.717) is 18.2 Å². The summed E-state index contributed by atoms with van der Waals surface area (Å²) < 4.78 is 0. The molecule has 4 nitrogen and oxygen atoms in total. The fraction of sp³-hybridized carbons (Fsp3) is 0.500. The number of aromatic nitrogens is 1. The van der Waals surface area contributed by atoms with Gasteiger partial charge in [-0.2, -0.15) is 0 Å². The van der Waals surface area contributed by atoms with Crippen LogP contribution in [0.2, 0.25) is 0 Å². The van der Waals surface area contributed by atoms with Crippen LogP contribution in [0.25, 0.3) is 0 Å². The molecule has 0 radical (unpaired) electrons. The van der Waals surface area contributed by atoms with Crippen LogP contribution in [0.4, 0.5) is 0 Å². The predicted octanol–water partition coefficient (Wildman–Crippen LogP) is 0.926. The van der Waals surface area contributed by atoms with Crippen molar-refractivity contribution in [1.82, 2.24) is 10.3 Å². The van der Waals surface area contributed by atoms with Crippen molar-refractivity contribution in [3.05, 3.63) is 29.6 Å². The Kier molecular flexibility index (Phi) is 3.19. The van der Waals surface area contributed by atoms with Crippen molar-refractivity contribution in [2.75, 3.05) is 6.54 Å². The van der Waals surface area contributed by atoms with Crippen molar-refractivity contribution >= 4 is 5.91 Å². The number of hydrogen-bond acceptors (Lipinski definition) is 3. The van der Waals surface area contributed by atoms with Gasteiger partial charge in [0.05, 0.1) is 0 Å². The van der Waals surface area contributed by atoms with E-state index in [1.54, 1.807) is 12.3 Å². The largest absolute Gasteiger partial charge is 0.350 e. The fourth-order valence-corrected chi connectivity index (χ4v) is 1.68. The highest BCUT2D eigenvalue weighted by Crippen LogP contribution is 2.36. The van der Waals surface area contributed by atoms with E-state index in [-0.39, 0.29) is 5.91 Å². The van der Waals surface area contributed by atoms with Gasteiger partial charge in [0.25, 0.3) is 5.91 Å². The van der Waals surface area contributed by atoms with Crippen molar-refractivity contribution in [3.63, 3.8) is 0 Å². The number of carbonyl (C=O) groups is 1. The van der Waals surface area contributed by atoms with Gasteiger partial charge in [-0.05, 0) is 29.9 Å². The highest BCUT2D eigenvalue weighted by atomic mass is 16.1. The number of hydrogen-bond donors (Lipinski definition) is 2. The molecule has 1 fully saturated rings. The summed E-state index contributed by atoms with van der Waals surface area (Å²) >= 11 is 0. The maximum Gasteiger partial charge on any atom is 0.269 e. The first-order valence-electron chi connectivity index (χ1n) is 5.64. The maximum atomic E-state index is 11.7. The molecule has 0 saturated heterocycles. The summed E-state index contributed by atoms with van der Waals surface area (Å²) in [6, 6.07) is 3.55. The first-order valence-corrected chi connectivity index (χ1v) is 5.64. The van der Waals surface area contributed by atoms with Gasteiger partial charge in [-0.3, -0.25) is 9.78 Å². The molecule has 1 amide bonds. The topological polar surface area (TPSA) is 68.0 Å². The number of nitrogens with zero attached hydrogens (tertiary/aromatic N) is 1. The summed E-state index contributed by atoms with van der Waals surface area (Å²) in [5.74, 6) is 1.32. The van der Waals surface area contributed by atoms with Gasteiger partial charge in [0.2, 0.25) is 0 Å². The molecule has 16 heavy (non-hydrogen) atoms. The Morgan fingerprint density at radius 1 is 1.62 bits per heavy atom. The van der Waals surface area contributed by atoms with Gasteiger partial charge in [-0.25, -0.2) is 0 Å². The monoisotopic (exact) mass is 219 g/mol. The van der Waals surface area contributed by atoms with E-state index in [2.05, 4.69) is 17.2 Å². The van der Waals surface area contributed by atoms with Crippen LogP contribution in [0.15, 0.2) is 18.3 Å². The van der Waals surface area contributed by atoms with Gasteiger partial charge >= 0.3 is 0 Å². The summed E-state index contributed by atoms with van der Waals surface area (Å²) in [6.07, 6.45) is 2.87. The van der Waals surface area contributed by atoms with Crippen molar-refractivity contribution < 1.29 is 4.79 Å². The van der Waals surface area contributed by atoms with Gasteiger partial charge in [0.1, 0.15) is 5.69 Å².